The van der Waals surface area contributed by atoms with Gasteiger partial charge >= 0.3 is 0 Å². The van der Waals surface area contributed by atoms with Crippen molar-refractivity contribution >= 4 is 11.8 Å². The summed E-state index contributed by atoms with van der Waals surface area (Å²) in [6.07, 6.45) is 0.510. The maximum Gasteiger partial charge on any atom is 0.256 e. The van der Waals surface area contributed by atoms with Crippen LogP contribution in [-0.4, -0.2) is 47.8 Å². The number of carbonyl (C=O) groups excluding carboxylic acids is 2. The van der Waals surface area contributed by atoms with E-state index in [0.717, 1.165) is 18.2 Å². The van der Waals surface area contributed by atoms with Crippen molar-refractivity contribution in [3.63, 3.8) is 0 Å². The van der Waals surface area contributed by atoms with Crippen LogP contribution in [0.25, 0.3) is 0 Å². The van der Waals surface area contributed by atoms with Crippen molar-refractivity contribution in [3.8, 4) is 0 Å². The molecule has 2 amide bonds. The van der Waals surface area contributed by atoms with Crippen molar-refractivity contribution in [1.29, 1.82) is 0 Å². The summed E-state index contributed by atoms with van der Waals surface area (Å²) in [5.74, 6) is -2.74. The van der Waals surface area contributed by atoms with E-state index in [2.05, 4.69) is 0 Å². The average Bonchev–Trinajstić information content (AvgIpc) is 2.89. The maximum atomic E-state index is 13.8. The highest BCUT2D eigenvalue weighted by Crippen LogP contribution is 2.16. The van der Waals surface area contributed by atoms with Gasteiger partial charge in [0.2, 0.25) is 0 Å². The van der Waals surface area contributed by atoms with Crippen LogP contribution in [0.3, 0.4) is 0 Å². The van der Waals surface area contributed by atoms with E-state index in [1.165, 1.54) is 29.2 Å². The first-order chi connectivity index (χ1) is 12.5. The number of hydrogen-bond donors (Lipinski definition) is 0. The van der Waals surface area contributed by atoms with Gasteiger partial charge in [0, 0.05) is 31.7 Å². The molecule has 0 radical (unpaired) electrons. The zero-order valence-corrected chi connectivity index (χ0v) is 13.9. The lowest BCUT2D eigenvalue weighted by Gasteiger charge is -2.22. The Morgan fingerprint density at radius 3 is 1.96 bits per heavy atom. The molecule has 0 N–H and O–H groups in total. The highest BCUT2D eigenvalue weighted by atomic mass is 19.1. The number of amides is 2. The molecular formula is C19H17F3N2O2. The van der Waals surface area contributed by atoms with E-state index in [1.54, 1.807) is 4.90 Å². The Hall–Kier alpha value is -2.83. The quantitative estimate of drug-likeness (QED) is 0.824. The van der Waals surface area contributed by atoms with Gasteiger partial charge in [-0.3, -0.25) is 9.59 Å². The zero-order valence-electron chi connectivity index (χ0n) is 13.9. The highest BCUT2D eigenvalue weighted by molar-refractivity contribution is 5.95. The molecule has 136 valence electrons. The predicted octanol–water partition coefficient (Wildman–Crippen LogP) is 3.09. The summed E-state index contributed by atoms with van der Waals surface area (Å²) in [5, 5.41) is 0. The van der Waals surface area contributed by atoms with Crippen molar-refractivity contribution in [2.75, 3.05) is 26.2 Å². The lowest BCUT2D eigenvalue weighted by atomic mass is 10.1. The molecule has 0 unspecified atom stereocenters. The Labute approximate surface area is 148 Å². The minimum absolute atomic E-state index is 0.210. The molecule has 0 bridgehead atoms. The minimum atomic E-state index is -0.778. The van der Waals surface area contributed by atoms with E-state index in [1.807, 2.05) is 0 Å². The molecule has 1 heterocycles. The first kappa shape index (κ1) is 18.0. The summed E-state index contributed by atoms with van der Waals surface area (Å²) < 4.78 is 40.1. The summed E-state index contributed by atoms with van der Waals surface area (Å²) in [7, 11) is 0. The van der Waals surface area contributed by atoms with Gasteiger partial charge in [-0.25, -0.2) is 13.2 Å². The topological polar surface area (TPSA) is 40.6 Å². The standard InChI is InChI=1S/C19H17F3N2O2/c20-14-4-2-13(3-5-14)18(25)23-8-1-9-24(11-10-23)19(26)16-12-15(21)6-7-17(16)22/h2-7,12H,1,8-11H2. The molecule has 4 nitrogen and oxygen atoms in total. The number of carbonyl (C=O) groups is 2. The lowest BCUT2D eigenvalue weighted by Crippen LogP contribution is -2.37. The van der Waals surface area contributed by atoms with Crippen LogP contribution in [0, 0.1) is 17.5 Å². The van der Waals surface area contributed by atoms with Gasteiger partial charge in [-0.1, -0.05) is 0 Å². The smallest absolute Gasteiger partial charge is 0.256 e. The summed E-state index contributed by atoms with van der Waals surface area (Å²) >= 11 is 0. The Bertz CT molecular complexity index is 824. The number of nitrogens with zero attached hydrogens (tertiary/aromatic N) is 2. The molecule has 1 fully saturated rings. The van der Waals surface area contributed by atoms with Crippen molar-refractivity contribution in [3.05, 3.63) is 71.0 Å². The largest absolute Gasteiger partial charge is 0.337 e. The fraction of sp³-hybridized carbons (Fsp3) is 0.263. The van der Waals surface area contributed by atoms with E-state index in [9.17, 15) is 22.8 Å². The Kier molecular flexibility index (Phi) is 5.25. The first-order valence-electron chi connectivity index (χ1n) is 8.25. The van der Waals surface area contributed by atoms with E-state index < -0.39 is 23.4 Å². The normalized spacial score (nSPS) is 14.9. The van der Waals surface area contributed by atoms with E-state index >= 15 is 0 Å². The molecule has 0 aliphatic carbocycles. The highest BCUT2D eigenvalue weighted by Gasteiger charge is 2.25. The third kappa shape index (κ3) is 3.87. The van der Waals surface area contributed by atoms with Gasteiger partial charge in [-0.15, -0.1) is 0 Å². The second-order valence-corrected chi connectivity index (χ2v) is 6.07. The fourth-order valence-corrected chi connectivity index (χ4v) is 2.93. The molecule has 26 heavy (non-hydrogen) atoms. The summed E-state index contributed by atoms with van der Waals surface area (Å²) in [4.78, 5) is 28.0. The fourth-order valence-electron chi connectivity index (χ4n) is 2.93. The van der Waals surface area contributed by atoms with Gasteiger partial charge in [-0.05, 0) is 48.9 Å². The average molecular weight is 362 g/mol. The summed E-state index contributed by atoms with van der Waals surface area (Å²) in [6, 6.07) is 8.01. The monoisotopic (exact) mass is 362 g/mol. The molecule has 1 saturated heterocycles. The summed E-state index contributed by atoms with van der Waals surface area (Å²) in [5.41, 5.74) is 0.0469. The third-order valence-corrected chi connectivity index (χ3v) is 4.32. The van der Waals surface area contributed by atoms with Crippen molar-refractivity contribution in [1.82, 2.24) is 9.80 Å². The zero-order chi connectivity index (χ0) is 18.7. The van der Waals surface area contributed by atoms with Crippen LogP contribution >= 0.6 is 0 Å². The van der Waals surface area contributed by atoms with Gasteiger partial charge in [0.15, 0.2) is 0 Å². The van der Waals surface area contributed by atoms with Crippen molar-refractivity contribution in [2.45, 2.75) is 6.42 Å². The van der Waals surface area contributed by atoms with Crippen LogP contribution in [0.15, 0.2) is 42.5 Å². The maximum absolute atomic E-state index is 13.8. The second-order valence-electron chi connectivity index (χ2n) is 6.07. The number of benzene rings is 2. The molecule has 1 aliphatic heterocycles. The van der Waals surface area contributed by atoms with E-state index in [-0.39, 0.29) is 24.6 Å². The Morgan fingerprint density at radius 2 is 1.31 bits per heavy atom. The second kappa shape index (κ2) is 7.59. The van der Waals surface area contributed by atoms with Crippen LogP contribution in [0.5, 0.6) is 0 Å². The molecule has 0 atom stereocenters. The number of rotatable bonds is 2. The Morgan fingerprint density at radius 1 is 0.731 bits per heavy atom. The number of halogens is 3. The van der Waals surface area contributed by atoms with Crippen LogP contribution in [-0.2, 0) is 0 Å². The molecule has 0 spiro atoms. The molecular weight excluding hydrogens is 345 g/mol. The predicted molar refractivity (Wildman–Crippen MR) is 89.2 cm³/mol. The van der Waals surface area contributed by atoms with Crippen LogP contribution in [0.1, 0.15) is 27.1 Å². The van der Waals surface area contributed by atoms with Crippen LogP contribution in [0.2, 0.25) is 0 Å². The minimum Gasteiger partial charge on any atom is -0.337 e. The van der Waals surface area contributed by atoms with Gasteiger partial charge in [0.1, 0.15) is 17.5 Å². The first-order valence-corrected chi connectivity index (χ1v) is 8.25. The molecule has 2 aromatic rings. The molecule has 7 heteroatoms. The molecule has 3 rings (SSSR count). The molecule has 1 aliphatic rings. The lowest BCUT2D eigenvalue weighted by molar-refractivity contribution is 0.0716. The van der Waals surface area contributed by atoms with Gasteiger partial charge in [0.25, 0.3) is 11.8 Å². The van der Waals surface area contributed by atoms with Crippen molar-refractivity contribution < 1.29 is 22.8 Å². The SMILES string of the molecule is O=C(c1ccc(F)cc1)N1CCCN(C(=O)c2cc(F)ccc2F)CC1. The van der Waals surface area contributed by atoms with Crippen LogP contribution in [0.4, 0.5) is 13.2 Å². The summed E-state index contributed by atoms with van der Waals surface area (Å²) in [6.45, 7) is 1.23. The van der Waals surface area contributed by atoms with E-state index in [0.29, 0.717) is 25.1 Å². The third-order valence-electron chi connectivity index (χ3n) is 4.32. The van der Waals surface area contributed by atoms with Gasteiger partial charge < -0.3 is 9.80 Å². The number of hydrogen-bond acceptors (Lipinski definition) is 2. The van der Waals surface area contributed by atoms with E-state index in [4.69, 9.17) is 0 Å². The van der Waals surface area contributed by atoms with Crippen molar-refractivity contribution in [2.24, 2.45) is 0 Å². The Balaban J connectivity index is 1.70. The van der Waals surface area contributed by atoms with Gasteiger partial charge in [0.05, 0.1) is 5.56 Å². The van der Waals surface area contributed by atoms with Gasteiger partial charge in [-0.2, -0.15) is 0 Å². The molecule has 2 aromatic carbocycles. The van der Waals surface area contributed by atoms with Crippen LogP contribution < -0.4 is 0 Å². The molecule has 0 saturated carbocycles. The molecule has 0 aromatic heterocycles.